The van der Waals surface area contributed by atoms with E-state index in [-0.39, 0.29) is 15.9 Å². The number of para-hydroxylation sites is 1. The van der Waals surface area contributed by atoms with Gasteiger partial charge in [0, 0.05) is 18.1 Å². The number of pyridine rings is 1. The van der Waals surface area contributed by atoms with E-state index in [1.807, 2.05) is 18.2 Å². The molecule has 25 heavy (non-hydrogen) atoms. The van der Waals surface area contributed by atoms with Gasteiger partial charge in [0.2, 0.25) is 9.84 Å². The van der Waals surface area contributed by atoms with Crippen molar-refractivity contribution in [2.24, 2.45) is 0 Å². The molecule has 1 aliphatic rings. The lowest BCUT2D eigenvalue weighted by Crippen LogP contribution is -2.19. The molecule has 1 N–H and O–H groups in total. The lowest BCUT2D eigenvalue weighted by atomic mass is 10.2. The van der Waals surface area contributed by atoms with E-state index in [1.165, 1.54) is 6.20 Å². The van der Waals surface area contributed by atoms with Crippen LogP contribution in [0.15, 0.2) is 70.6 Å². The summed E-state index contributed by atoms with van der Waals surface area (Å²) in [6.45, 7) is 1.76. The van der Waals surface area contributed by atoms with Crippen LogP contribution >= 0.6 is 0 Å². The van der Waals surface area contributed by atoms with E-state index in [0.29, 0.717) is 11.3 Å². The highest BCUT2D eigenvalue weighted by Gasteiger charge is 2.20. The minimum Gasteiger partial charge on any atom is -0.487 e. The minimum absolute atomic E-state index is 0.125. The molecule has 0 amide bonds. The van der Waals surface area contributed by atoms with Crippen LogP contribution in [0.1, 0.15) is 6.42 Å². The molecule has 0 spiro atoms. The number of benzene rings is 2. The average molecular weight is 354 g/mol. The Labute approximate surface area is 146 Å². The smallest absolute Gasteiger partial charge is 0.208 e. The fourth-order valence-electron chi connectivity index (χ4n) is 3.00. The normalized spacial score (nSPS) is 17.7. The Bertz CT molecular complexity index is 998. The summed E-state index contributed by atoms with van der Waals surface area (Å²) in [6, 6.07) is 15.6. The summed E-state index contributed by atoms with van der Waals surface area (Å²) in [4.78, 5) is 4.84. The van der Waals surface area contributed by atoms with Gasteiger partial charge in [-0.15, -0.1) is 0 Å². The number of rotatable bonds is 4. The zero-order valence-corrected chi connectivity index (χ0v) is 14.4. The van der Waals surface area contributed by atoms with Gasteiger partial charge in [-0.3, -0.25) is 4.98 Å². The van der Waals surface area contributed by atoms with E-state index < -0.39 is 9.84 Å². The molecule has 0 unspecified atom stereocenters. The van der Waals surface area contributed by atoms with Crippen molar-refractivity contribution in [2.45, 2.75) is 22.3 Å². The molecular formula is C19H18N2O3S. The van der Waals surface area contributed by atoms with Gasteiger partial charge in [0.1, 0.15) is 17.4 Å². The Balaban J connectivity index is 1.74. The summed E-state index contributed by atoms with van der Waals surface area (Å²) < 4.78 is 31.5. The van der Waals surface area contributed by atoms with Gasteiger partial charge in [-0.25, -0.2) is 8.42 Å². The molecule has 4 rings (SSSR count). The summed E-state index contributed by atoms with van der Waals surface area (Å²) in [5, 5.41) is 4.01. The van der Waals surface area contributed by atoms with Gasteiger partial charge in [0.25, 0.3) is 0 Å². The van der Waals surface area contributed by atoms with Gasteiger partial charge >= 0.3 is 0 Å². The number of hydrogen-bond acceptors (Lipinski definition) is 5. The number of aromatic nitrogens is 1. The predicted molar refractivity (Wildman–Crippen MR) is 95.5 cm³/mol. The summed E-state index contributed by atoms with van der Waals surface area (Å²) in [5.74, 6) is 0.690. The summed E-state index contributed by atoms with van der Waals surface area (Å²) >= 11 is 0. The molecule has 6 heteroatoms. The predicted octanol–water partition coefficient (Wildman–Crippen LogP) is 2.81. The molecular weight excluding hydrogens is 336 g/mol. The number of sulfone groups is 1. The van der Waals surface area contributed by atoms with Crippen molar-refractivity contribution in [2.75, 3.05) is 13.1 Å². The summed E-state index contributed by atoms with van der Waals surface area (Å²) in [5.41, 5.74) is 0.682. The van der Waals surface area contributed by atoms with Crippen LogP contribution < -0.4 is 10.1 Å². The van der Waals surface area contributed by atoms with Crippen LogP contribution in [-0.2, 0) is 9.84 Å². The fourth-order valence-corrected chi connectivity index (χ4v) is 4.26. The second-order valence-corrected chi connectivity index (χ2v) is 8.00. The van der Waals surface area contributed by atoms with E-state index in [9.17, 15) is 8.42 Å². The molecule has 0 radical (unpaired) electrons. The third kappa shape index (κ3) is 3.10. The molecule has 3 aromatic rings. The van der Waals surface area contributed by atoms with Crippen molar-refractivity contribution in [1.29, 1.82) is 0 Å². The molecule has 1 fully saturated rings. The minimum atomic E-state index is -3.58. The molecule has 0 aliphatic carbocycles. The maximum Gasteiger partial charge on any atom is 0.208 e. The number of hydrogen-bond donors (Lipinski definition) is 1. The van der Waals surface area contributed by atoms with Gasteiger partial charge < -0.3 is 10.1 Å². The Morgan fingerprint density at radius 1 is 1.04 bits per heavy atom. The van der Waals surface area contributed by atoms with Gasteiger partial charge in [-0.1, -0.05) is 30.3 Å². The van der Waals surface area contributed by atoms with E-state index in [0.717, 1.165) is 24.9 Å². The van der Waals surface area contributed by atoms with Gasteiger partial charge in [0.15, 0.2) is 0 Å². The molecule has 2 aromatic carbocycles. The Morgan fingerprint density at radius 2 is 1.88 bits per heavy atom. The SMILES string of the molecule is O=S(=O)(c1ccccc1)c1cnc2c(O[C@@H]3CCNC3)cccc2c1. The van der Waals surface area contributed by atoms with Crippen LogP contribution in [0.5, 0.6) is 5.75 Å². The van der Waals surface area contributed by atoms with Gasteiger partial charge in [-0.2, -0.15) is 0 Å². The Morgan fingerprint density at radius 3 is 2.64 bits per heavy atom. The maximum absolute atomic E-state index is 12.8. The van der Waals surface area contributed by atoms with Crippen molar-refractivity contribution in [3.63, 3.8) is 0 Å². The first-order valence-electron chi connectivity index (χ1n) is 8.21. The van der Waals surface area contributed by atoms with Crippen molar-refractivity contribution in [3.05, 3.63) is 60.8 Å². The summed E-state index contributed by atoms with van der Waals surface area (Å²) in [7, 11) is -3.58. The Kier molecular flexibility index (Phi) is 4.15. The number of nitrogens with one attached hydrogen (secondary N) is 1. The average Bonchev–Trinajstić information content (AvgIpc) is 3.15. The first-order chi connectivity index (χ1) is 12.1. The van der Waals surface area contributed by atoms with Crippen LogP contribution in [-0.4, -0.2) is 32.6 Å². The first-order valence-corrected chi connectivity index (χ1v) is 9.69. The van der Waals surface area contributed by atoms with Crippen LogP contribution in [0.3, 0.4) is 0 Å². The molecule has 1 aliphatic heterocycles. The van der Waals surface area contributed by atoms with Gasteiger partial charge in [-0.05, 0) is 37.2 Å². The van der Waals surface area contributed by atoms with Crippen molar-refractivity contribution in [3.8, 4) is 5.75 Å². The van der Waals surface area contributed by atoms with E-state index >= 15 is 0 Å². The highest BCUT2D eigenvalue weighted by molar-refractivity contribution is 7.91. The quantitative estimate of drug-likeness (QED) is 0.780. The lowest BCUT2D eigenvalue weighted by molar-refractivity contribution is 0.225. The third-order valence-electron chi connectivity index (χ3n) is 4.32. The topological polar surface area (TPSA) is 68.3 Å². The number of fused-ring (bicyclic) bond motifs is 1. The molecule has 2 heterocycles. The standard InChI is InChI=1S/C19H18N2O3S/c22-25(23,16-6-2-1-3-7-16)17-11-14-5-4-8-18(19(14)21-13-17)24-15-9-10-20-12-15/h1-8,11,13,15,20H,9-10,12H2/t15-/m1/s1. The third-order valence-corrected chi connectivity index (χ3v) is 6.06. The molecule has 0 bridgehead atoms. The molecule has 1 atom stereocenters. The maximum atomic E-state index is 12.8. The second-order valence-electron chi connectivity index (χ2n) is 6.05. The zero-order valence-electron chi connectivity index (χ0n) is 13.6. The number of ether oxygens (including phenoxy) is 1. The highest BCUT2D eigenvalue weighted by Crippen LogP contribution is 2.29. The molecule has 1 aromatic heterocycles. The monoisotopic (exact) mass is 354 g/mol. The van der Waals surface area contributed by atoms with E-state index in [2.05, 4.69) is 10.3 Å². The van der Waals surface area contributed by atoms with Crippen molar-refractivity contribution in [1.82, 2.24) is 10.3 Å². The second kappa shape index (κ2) is 6.46. The van der Waals surface area contributed by atoms with Crippen LogP contribution in [0, 0.1) is 0 Å². The van der Waals surface area contributed by atoms with E-state index in [1.54, 1.807) is 36.4 Å². The van der Waals surface area contributed by atoms with Crippen LogP contribution in [0.2, 0.25) is 0 Å². The Hall–Kier alpha value is -2.44. The highest BCUT2D eigenvalue weighted by atomic mass is 32.2. The van der Waals surface area contributed by atoms with Crippen LogP contribution in [0.4, 0.5) is 0 Å². The van der Waals surface area contributed by atoms with Crippen molar-refractivity contribution >= 4 is 20.7 Å². The van der Waals surface area contributed by atoms with Crippen molar-refractivity contribution < 1.29 is 13.2 Å². The molecule has 128 valence electrons. The van der Waals surface area contributed by atoms with E-state index in [4.69, 9.17) is 4.74 Å². The summed E-state index contributed by atoms with van der Waals surface area (Å²) in [6.07, 6.45) is 2.49. The fraction of sp³-hybridized carbons (Fsp3) is 0.211. The lowest BCUT2D eigenvalue weighted by Gasteiger charge is -2.14. The molecule has 5 nitrogen and oxygen atoms in total. The number of nitrogens with zero attached hydrogens (tertiary/aromatic N) is 1. The largest absolute Gasteiger partial charge is 0.487 e. The molecule has 1 saturated heterocycles. The first kappa shape index (κ1) is 16.1. The zero-order chi connectivity index (χ0) is 17.3. The van der Waals surface area contributed by atoms with Crippen LogP contribution in [0.25, 0.3) is 10.9 Å². The van der Waals surface area contributed by atoms with Gasteiger partial charge in [0.05, 0.1) is 9.79 Å². The molecule has 0 saturated carbocycles.